The topological polar surface area (TPSA) is 62.7 Å². The summed E-state index contributed by atoms with van der Waals surface area (Å²) < 4.78 is 6.37. The Morgan fingerprint density at radius 3 is 2.44 bits per heavy atom. The number of carbonyl (C=O) groups excluding carboxylic acids is 1. The van der Waals surface area contributed by atoms with E-state index in [9.17, 15) is 9.90 Å². The van der Waals surface area contributed by atoms with Crippen LogP contribution in [0.4, 0.5) is 0 Å². The lowest BCUT2D eigenvalue weighted by molar-refractivity contribution is -0.131. The Morgan fingerprint density at radius 1 is 1.06 bits per heavy atom. The molecule has 3 aromatic rings. The van der Waals surface area contributed by atoms with Crippen LogP contribution in [-0.2, 0) is 30.6 Å². The van der Waals surface area contributed by atoms with E-state index in [4.69, 9.17) is 4.74 Å². The van der Waals surface area contributed by atoms with Gasteiger partial charge in [0.05, 0.1) is 13.0 Å². The summed E-state index contributed by atoms with van der Waals surface area (Å²) in [5.74, 6) is 1.43. The van der Waals surface area contributed by atoms with Gasteiger partial charge in [0.25, 0.3) is 0 Å². The fourth-order valence-electron chi connectivity index (χ4n) is 4.64. The molecule has 0 spiro atoms. The molecule has 0 fully saturated rings. The number of aromatic nitrogens is 1. The van der Waals surface area contributed by atoms with E-state index in [1.54, 1.807) is 17.3 Å². The van der Waals surface area contributed by atoms with E-state index >= 15 is 0 Å². The Hall–Kier alpha value is -3.18. The molecule has 0 unspecified atom stereocenters. The van der Waals surface area contributed by atoms with Crippen LogP contribution in [0.25, 0.3) is 0 Å². The molecule has 1 aliphatic rings. The van der Waals surface area contributed by atoms with Gasteiger partial charge in [0, 0.05) is 38.3 Å². The quantitative estimate of drug-likeness (QED) is 0.505. The molecule has 1 aliphatic heterocycles. The van der Waals surface area contributed by atoms with Crippen molar-refractivity contribution in [3.63, 3.8) is 0 Å². The molecule has 5 nitrogen and oxygen atoms in total. The Labute approximate surface area is 202 Å². The molecule has 0 saturated carbocycles. The number of carbonyl (C=O) groups is 1. The van der Waals surface area contributed by atoms with E-state index in [0.29, 0.717) is 25.4 Å². The number of benzene rings is 2. The molecule has 5 heteroatoms. The van der Waals surface area contributed by atoms with Crippen molar-refractivity contribution < 1.29 is 14.6 Å². The van der Waals surface area contributed by atoms with Crippen molar-refractivity contribution in [3.8, 4) is 5.75 Å². The van der Waals surface area contributed by atoms with Crippen LogP contribution in [0.15, 0.2) is 67.0 Å². The van der Waals surface area contributed by atoms with E-state index < -0.39 is 0 Å². The fraction of sp³-hybridized carbons (Fsp3) is 0.379. The molecule has 0 aliphatic carbocycles. The molecule has 1 atom stereocenters. The van der Waals surface area contributed by atoms with Gasteiger partial charge in [0.1, 0.15) is 11.4 Å². The largest absolute Gasteiger partial charge is 0.487 e. The predicted molar refractivity (Wildman–Crippen MR) is 134 cm³/mol. The summed E-state index contributed by atoms with van der Waals surface area (Å²) in [6, 6.07) is 18.7. The van der Waals surface area contributed by atoms with Gasteiger partial charge in [-0.25, -0.2) is 0 Å². The summed E-state index contributed by atoms with van der Waals surface area (Å²) in [4.78, 5) is 18.7. The monoisotopic (exact) mass is 458 g/mol. The SMILES string of the molecule is CC(C)c1ccc(C[C@@]2(C)Cc3cc(CC(=O)N(CCO)Cc4ccncc4)ccc3O2)cc1. The molecular formula is C29H34N2O3. The van der Waals surface area contributed by atoms with Crippen molar-refractivity contribution in [1.82, 2.24) is 9.88 Å². The van der Waals surface area contributed by atoms with Crippen LogP contribution in [0.5, 0.6) is 5.75 Å². The third-order valence-electron chi connectivity index (χ3n) is 6.47. The molecule has 2 aromatic carbocycles. The van der Waals surface area contributed by atoms with Gasteiger partial charge in [-0.1, -0.05) is 50.2 Å². The molecule has 0 radical (unpaired) electrons. The molecule has 1 aromatic heterocycles. The predicted octanol–water partition coefficient (Wildman–Crippen LogP) is 4.70. The van der Waals surface area contributed by atoms with Gasteiger partial charge in [-0.15, -0.1) is 0 Å². The maximum absolute atomic E-state index is 13.0. The Balaban J connectivity index is 1.41. The van der Waals surface area contributed by atoms with Crippen LogP contribution in [0.3, 0.4) is 0 Å². The van der Waals surface area contributed by atoms with Crippen LogP contribution in [-0.4, -0.2) is 39.7 Å². The number of hydrogen-bond acceptors (Lipinski definition) is 4. The zero-order valence-corrected chi connectivity index (χ0v) is 20.3. The minimum absolute atomic E-state index is 0.00210. The highest BCUT2D eigenvalue weighted by molar-refractivity contribution is 5.79. The Bertz CT molecular complexity index is 1110. The number of aliphatic hydroxyl groups is 1. The summed E-state index contributed by atoms with van der Waals surface area (Å²) in [7, 11) is 0. The number of fused-ring (bicyclic) bond motifs is 1. The van der Waals surface area contributed by atoms with Gasteiger partial charge in [-0.2, -0.15) is 0 Å². The van der Waals surface area contributed by atoms with Crippen molar-refractivity contribution in [1.29, 1.82) is 0 Å². The lowest BCUT2D eigenvalue weighted by atomic mass is 9.90. The molecule has 1 amide bonds. The Kier molecular flexibility index (Phi) is 7.32. The molecule has 0 bridgehead atoms. The second-order valence-electron chi connectivity index (χ2n) is 9.82. The molecule has 178 valence electrons. The molecule has 34 heavy (non-hydrogen) atoms. The number of rotatable bonds is 9. The van der Waals surface area contributed by atoms with Gasteiger partial charge in [0.2, 0.25) is 5.91 Å². The Morgan fingerprint density at radius 2 is 1.76 bits per heavy atom. The molecule has 2 heterocycles. The number of aliphatic hydroxyl groups excluding tert-OH is 1. The zero-order valence-electron chi connectivity index (χ0n) is 20.3. The van der Waals surface area contributed by atoms with Crippen molar-refractivity contribution >= 4 is 5.91 Å². The first-order valence-corrected chi connectivity index (χ1v) is 12.0. The second-order valence-corrected chi connectivity index (χ2v) is 9.82. The van der Waals surface area contributed by atoms with Crippen LogP contribution < -0.4 is 4.74 Å². The highest BCUT2D eigenvalue weighted by Gasteiger charge is 2.35. The standard InChI is InChI=1S/C29H34N2O3/c1-21(2)25-7-4-22(5-8-25)18-29(3)19-26-16-24(6-9-27(26)34-29)17-28(33)31(14-15-32)20-23-10-12-30-13-11-23/h4-13,16,21,32H,14-15,17-20H2,1-3H3/t29-/m0/s1. The van der Waals surface area contributed by atoms with Gasteiger partial charge in [-0.05, 0) is 58.9 Å². The lowest BCUT2D eigenvalue weighted by Crippen LogP contribution is -2.34. The summed E-state index contributed by atoms with van der Waals surface area (Å²) in [5, 5.41) is 9.45. The number of pyridine rings is 1. The summed E-state index contributed by atoms with van der Waals surface area (Å²) >= 11 is 0. The van der Waals surface area contributed by atoms with E-state index in [1.807, 2.05) is 24.3 Å². The van der Waals surface area contributed by atoms with Crippen LogP contribution >= 0.6 is 0 Å². The minimum atomic E-state index is -0.297. The second kappa shape index (κ2) is 10.4. The normalized spacial score (nSPS) is 16.9. The van der Waals surface area contributed by atoms with Crippen molar-refractivity contribution in [2.45, 2.75) is 58.1 Å². The lowest BCUT2D eigenvalue weighted by Gasteiger charge is -2.24. The van der Waals surface area contributed by atoms with Gasteiger partial charge in [0.15, 0.2) is 0 Å². The molecule has 4 rings (SSSR count). The highest BCUT2D eigenvalue weighted by Crippen LogP contribution is 2.37. The maximum Gasteiger partial charge on any atom is 0.227 e. The summed E-state index contributed by atoms with van der Waals surface area (Å²) in [5.41, 5.74) is 5.43. The van der Waals surface area contributed by atoms with Crippen LogP contribution in [0.1, 0.15) is 54.5 Å². The number of ether oxygens (including phenoxy) is 1. The van der Waals surface area contributed by atoms with E-state index in [2.05, 4.69) is 56.1 Å². The first kappa shape index (κ1) is 24.0. The van der Waals surface area contributed by atoms with Gasteiger partial charge < -0.3 is 14.7 Å². The molecule has 1 N–H and O–H groups in total. The number of amides is 1. The first-order valence-electron chi connectivity index (χ1n) is 12.0. The van der Waals surface area contributed by atoms with E-state index in [-0.39, 0.29) is 18.1 Å². The molecule has 0 saturated heterocycles. The van der Waals surface area contributed by atoms with Gasteiger partial charge >= 0.3 is 0 Å². The highest BCUT2D eigenvalue weighted by atomic mass is 16.5. The van der Waals surface area contributed by atoms with Crippen molar-refractivity contribution in [2.75, 3.05) is 13.2 Å². The van der Waals surface area contributed by atoms with Gasteiger partial charge in [-0.3, -0.25) is 9.78 Å². The average molecular weight is 459 g/mol. The number of hydrogen-bond donors (Lipinski definition) is 1. The summed E-state index contributed by atoms with van der Waals surface area (Å²) in [6.45, 7) is 7.28. The summed E-state index contributed by atoms with van der Waals surface area (Å²) in [6.07, 6.45) is 5.38. The smallest absolute Gasteiger partial charge is 0.227 e. The molecular weight excluding hydrogens is 424 g/mol. The fourth-order valence-corrected chi connectivity index (χ4v) is 4.64. The maximum atomic E-state index is 13.0. The van der Waals surface area contributed by atoms with E-state index in [1.165, 1.54) is 11.1 Å². The minimum Gasteiger partial charge on any atom is -0.487 e. The van der Waals surface area contributed by atoms with Crippen LogP contribution in [0.2, 0.25) is 0 Å². The first-order chi connectivity index (χ1) is 16.3. The van der Waals surface area contributed by atoms with Crippen LogP contribution in [0, 0.1) is 0 Å². The zero-order chi connectivity index (χ0) is 24.1. The number of nitrogens with zero attached hydrogens (tertiary/aromatic N) is 2. The van der Waals surface area contributed by atoms with E-state index in [0.717, 1.165) is 35.3 Å². The van der Waals surface area contributed by atoms with Crippen molar-refractivity contribution in [3.05, 3.63) is 94.8 Å². The third kappa shape index (κ3) is 5.84. The third-order valence-corrected chi connectivity index (χ3v) is 6.47. The van der Waals surface area contributed by atoms with Crippen molar-refractivity contribution in [2.24, 2.45) is 0 Å². The average Bonchev–Trinajstić information content (AvgIpc) is 3.14.